The fourth-order valence-corrected chi connectivity index (χ4v) is 6.46. The zero-order valence-electron chi connectivity index (χ0n) is 20.7. The van der Waals surface area contributed by atoms with Crippen molar-refractivity contribution in [2.45, 2.75) is 0 Å². The molecule has 4 nitrogen and oxygen atoms in total. The van der Waals surface area contributed by atoms with E-state index in [2.05, 4.69) is 84.9 Å². The molecule has 0 N–H and O–H groups in total. The summed E-state index contributed by atoms with van der Waals surface area (Å²) < 4.78 is 2.27. The number of benzene rings is 4. The minimum absolute atomic E-state index is 0.717. The van der Waals surface area contributed by atoms with Crippen molar-refractivity contribution < 1.29 is 0 Å². The van der Waals surface area contributed by atoms with Crippen molar-refractivity contribution in [3.8, 4) is 34.0 Å². The lowest BCUT2D eigenvalue weighted by Crippen LogP contribution is -1.95. The number of nitrogens with zero attached hydrogens (tertiary/aromatic N) is 4. The molecule has 0 fully saturated rings. The Hall–Kier alpha value is -5.00. The third-order valence-corrected chi connectivity index (χ3v) is 8.30. The van der Waals surface area contributed by atoms with Crippen LogP contribution in [-0.2, 0) is 0 Å². The summed E-state index contributed by atoms with van der Waals surface area (Å²) in [5, 5.41) is 4.55. The summed E-state index contributed by atoms with van der Waals surface area (Å²) >= 11 is 1.73. The molecule has 4 aromatic carbocycles. The van der Waals surface area contributed by atoms with E-state index >= 15 is 0 Å². The maximum atomic E-state index is 5.13. The van der Waals surface area contributed by atoms with Gasteiger partial charge in [0.05, 0.1) is 32.8 Å². The maximum Gasteiger partial charge on any atom is 0.160 e. The van der Waals surface area contributed by atoms with Gasteiger partial charge in [-0.05, 0) is 29.7 Å². The predicted octanol–water partition coefficient (Wildman–Crippen LogP) is 8.94. The Balaban J connectivity index is 1.40. The molecule has 0 spiro atoms. The normalized spacial score (nSPS) is 11.6. The van der Waals surface area contributed by atoms with Crippen molar-refractivity contribution in [3.63, 3.8) is 0 Å². The van der Waals surface area contributed by atoms with Crippen LogP contribution in [0.3, 0.4) is 0 Å². The monoisotopic (exact) mass is 516 g/mol. The number of fused-ring (bicyclic) bond motifs is 6. The number of thiophene rings is 1. The van der Waals surface area contributed by atoms with Gasteiger partial charge in [0.15, 0.2) is 5.82 Å². The van der Waals surface area contributed by atoms with Crippen LogP contribution in [0.2, 0.25) is 0 Å². The molecule has 0 aliphatic heterocycles. The molecule has 182 valence electrons. The van der Waals surface area contributed by atoms with E-state index in [4.69, 9.17) is 19.9 Å². The first kappa shape index (κ1) is 22.0. The van der Waals surface area contributed by atoms with Crippen LogP contribution in [0.4, 0.5) is 0 Å². The Kier molecular flexibility index (Phi) is 4.96. The van der Waals surface area contributed by atoms with Gasteiger partial charge in [0.25, 0.3) is 0 Å². The smallest absolute Gasteiger partial charge is 0.160 e. The third kappa shape index (κ3) is 3.59. The van der Waals surface area contributed by atoms with Gasteiger partial charge in [-0.3, -0.25) is 4.98 Å². The first-order valence-electron chi connectivity index (χ1n) is 12.8. The van der Waals surface area contributed by atoms with Crippen LogP contribution < -0.4 is 0 Å². The maximum absolute atomic E-state index is 5.13. The molecule has 5 heteroatoms. The number of rotatable bonds is 3. The Labute approximate surface area is 228 Å². The highest BCUT2D eigenvalue weighted by molar-refractivity contribution is 7.26. The van der Waals surface area contributed by atoms with E-state index in [1.165, 1.54) is 10.1 Å². The molecule has 39 heavy (non-hydrogen) atoms. The summed E-state index contributed by atoms with van der Waals surface area (Å²) in [5.74, 6) is 0.717. The van der Waals surface area contributed by atoms with Gasteiger partial charge in [-0.25, -0.2) is 15.0 Å². The van der Waals surface area contributed by atoms with E-state index < -0.39 is 0 Å². The van der Waals surface area contributed by atoms with Crippen molar-refractivity contribution in [1.82, 2.24) is 19.9 Å². The van der Waals surface area contributed by atoms with Crippen LogP contribution in [0.15, 0.2) is 121 Å². The Morgan fingerprint density at radius 3 is 2.10 bits per heavy atom. The SMILES string of the molecule is c1ccc(-c2nc(-c3ccnc(-c4nc5ccccc5c5ccccc45)c3)c3sc4ccccc4c3n2)cc1. The van der Waals surface area contributed by atoms with Crippen molar-refractivity contribution in [1.29, 1.82) is 0 Å². The number of aromatic nitrogens is 4. The second-order valence-corrected chi connectivity index (χ2v) is 10.5. The standard InChI is InChI=1S/C34H20N4S/c1-2-10-21(11-3-1)34-37-30(33-32(38-34)26-15-7-9-17-29(26)39-33)22-18-19-35-28(20-22)31-25-14-5-4-12-23(25)24-13-6-8-16-27(24)36-31/h1-20H. The molecule has 0 bridgehead atoms. The van der Waals surface area contributed by atoms with E-state index in [0.29, 0.717) is 5.82 Å². The van der Waals surface area contributed by atoms with Crippen LogP contribution in [0.25, 0.3) is 76.0 Å². The molecule has 0 amide bonds. The van der Waals surface area contributed by atoms with Gasteiger partial charge in [-0.15, -0.1) is 11.3 Å². The summed E-state index contributed by atoms with van der Waals surface area (Å²) in [6.45, 7) is 0. The third-order valence-electron chi connectivity index (χ3n) is 7.14. The van der Waals surface area contributed by atoms with Crippen molar-refractivity contribution in [2.24, 2.45) is 0 Å². The highest BCUT2D eigenvalue weighted by atomic mass is 32.1. The molecule has 0 radical (unpaired) electrons. The highest BCUT2D eigenvalue weighted by Gasteiger charge is 2.18. The lowest BCUT2D eigenvalue weighted by molar-refractivity contribution is 1.23. The summed E-state index contributed by atoms with van der Waals surface area (Å²) in [6, 6.07) is 39.5. The van der Waals surface area contributed by atoms with Crippen LogP contribution in [0, 0.1) is 0 Å². The number of hydrogen-bond donors (Lipinski definition) is 0. The largest absolute Gasteiger partial charge is 0.255 e. The van der Waals surface area contributed by atoms with Gasteiger partial charge in [-0.2, -0.15) is 0 Å². The highest BCUT2D eigenvalue weighted by Crippen LogP contribution is 2.40. The van der Waals surface area contributed by atoms with Gasteiger partial charge >= 0.3 is 0 Å². The van der Waals surface area contributed by atoms with Crippen LogP contribution >= 0.6 is 11.3 Å². The molecule has 0 atom stereocenters. The van der Waals surface area contributed by atoms with E-state index in [1.807, 2.05) is 36.5 Å². The van der Waals surface area contributed by atoms with Gasteiger partial charge in [-0.1, -0.05) is 91.0 Å². The summed E-state index contributed by atoms with van der Waals surface area (Å²) in [4.78, 5) is 20.1. The molecule has 8 aromatic rings. The fraction of sp³-hybridized carbons (Fsp3) is 0. The average Bonchev–Trinajstić information content (AvgIpc) is 3.39. The molecule has 0 saturated carbocycles. The lowest BCUT2D eigenvalue weighted by atomic mass is 10.0. The quantitative estimate of drug-likeness (QED) is 0.220. The summed E-state index contributed by atoms with van der Waals surface area (Å²) in [6.07, 6.45) is 1.86. The first-order chi connectivity index (χ1) is 19.3. The van der Waals surface area contributed by atoms with Gasteiger partial charge in [0, 0.05) is 38.2 Å². The van der Waals surface area contributed by atoms with E-state index in [0.717, 1.165) is 60.1 Å². The molecule has 0 unspecified atom stereocenters. The number of pyridine rings is 2. The second kappa shape index (κ2) is 8.79. The minimum atomic E-state index is 0.717. The molecule has 4 heterocycles. The average molecular weight is 517 g/mol. The van der Waals surface area contributed by atoms with Gasteiger partial charge in [0.1, 0.15) is 0 Å². The summed E-state index contributed by atoms with van der Waals surface area (Å²) in [5.41, 5.74) is 6.53. The minimum Gasteiger partial charge on any atom is -0.255 e. The van der Waals surface area contributed by atoms with E-state index in [-0.39, 0.29) is 0 Å². The summed E-state index contributed by atoms with van der Waals surface area (Å²) in [7, 11) is 0. The Bertz CT molecular complexity index is 2180. The molecular formula is C34H20N4S. The molecule has 0 aliphatic carbocycles. The number of para-hydroxylation sites is 1. The second-order valence-electron chi connectivity index (χ2n) is 9.49. The van der Waals surface area contributed by atoms with E-state index in [9.17, 15) is 0 Å². The molecule has 8 rings (SSSR count). The first-order valence-corrected chi connectivity index (χ1v) is 13.6. The Morgan fingerprint density at radius 1 is 0.513 bits per heavy atom. The van der Waals surface area contributed by atoms with E-state index in [1.54, 1.807) is 11.3 Å². The zero-order chi connectivity index (χ0) is 25.8. The van der Waals surface area contributed by atoms with Crippen LogP contribution in [-0.4, -0.2) is 19.9 Å². The van der Waals surface area contributed by atoms with Crippen molar-refractivity contribution in [3.05, 3.63) is 121 Å². The Morgan fingerprint density at radius 2 is 1.23 bits per heavy atom. The molecule has 4 aromatic heterocycles. The van der Waals surface area contributed by atoms with Gasteiger partial charge < -0.3 is 0 Å². The van der Waals surface area contributed by atoms with Gasteiger partial charge in [0.2, 0.25) is 0 Å². The zero-order valence-corrected chi connectivity index (χ0v) is 21.6. The molecule has 0 saturated heterocycles. The number of hydrogen-bond acceptors (Lipinski definition) is 5. The molecular weight excluding hydrogens is 496 g/mol. The molecule has 0 aliphatic rings. The van der Waals surface area contributed by atoms with Crippen LogP contribution in [0.1, 0.15) is 0 Å². The topological polar surface area (TPSA) is 51.6 Å². The van der Waals surface area contributed by atoms with Crippen LogP contribution in [0.5, 0.6) is 0 Å². The predicted molar refractivity (Wildman–Crippen MR) is 162 cm³/mol. The van der Waals surface area contributed by atoms with Crippen molar-refractivity contribution >= 4 is 53.3 Å². The fourth-order valence-electron chi connectivity index (χ4n) is 5.31. The van der Waals surface area contributed by atoms with Crippen molar-refractivity contribution in [2.75, 3.05) is 0 Å². The lowest BCUT2D eigenvalue weighted by Gasteiger charge is -2.11.